The number of halogens is 1. The second kappa shape index (κ2) is 8.71. The summed E-state index contributed by atoms with van der Waals surface area (Å²) in [6.45, 7) is 3.27. The Labute approximate surface area is 209 Å². The SMILES string of the molecule is CC(CC(Cl)C1CO1)C(O)COc1ccc2c(c1)Oc1cc(O)ccc1C21OCc2ccccc21. The van der Waals surface area contributed by atoms with Crippen LogP contribution >= 0.6 is 11.6 Å². The fraction of sp³-hybridized carbons (Fsp3) is 0.357. The highest BCUT2D eigenvalue weighted by atomic mass is 35.5. The van der Waals surface area contributed by atoms with Gasteiger partial charge in [0.05, 0.1) is 30.8 Å². The van der Waals surface area contributed by atoms with Crippen LogP contribution in [0.3, 0.4) is 0 Å². The van der Waals surface area contributed by atoms with Crippen molar-refractivity contribution < 1.29 is 29.2 Å². The van der Waals surface area contributed by atoms with Gasteiger partial charge in [-0.3, -0.25) is 0 Å². The lowest BCUT2D eigenvalue weighted by atomic mass is 9.77. The minimum Gasteiger partial charge on any atom is -0.508 e. The smallest absolute Gasteiger partial charge is 0.151 e. The highest BCUT2D eigenvalue weighted by Gasteiger charge is 2.49. The summed E-state index contributed by atoms with van der Waals surface area (Å²) in [5, 5.41) is 20.6. The van der Waals surface area contributed by atoms with Crippen LogP contribution < -0.4 is 9.47 Å². The molecule has 0 aliphatic carbocycles. The van der Waals surface area contributed by atoms with E-state index in [2.05, 4.69) is 12.1 Å². The number of hydrogen-bond donors (Lipinski definition) is 2. The normalized spacial score (nSPS) is 24.0. The summed E-state index contributed by atoms with van der Waals surface area (Å²) in [5.41, 5.74) is 3.06. The third kappa shape index (κ3) is 3.95. The van der Waals surface area contributed by atoms with Gasteiger partial charge in [0.2, 0.25) is 0 Å². The molecule has 0 bridgehead atoms. The number of aromatic hydroxyl groups is 1. The van der Waals surface area contributed by atoms with Gasteiger partial charge in [0, 0.05) is 23.3 Å². The molecule has 1 spiro atoms. The Morgan fingerprint density at radius 1 is 1.06 bits per heavy atom. The summed E-state index contributed by atoms with van der Waals surface area (Å²) in [6.07, 6.45) is 0.0902. The van der Waals surface area contributed by atoms with Gasteiger partial charge >= 0.3 is 0 Å². The first-order valence-electron chi connectivity index (χ1n) is 11.9. The van der Waals surface area contributed by atoms with Crippen molar-refractivity contribution in [1.82, 2.24) is 0 Å². The number of phenolic OH excluding ortho intramolecular Hbond substituents is 1. The van der Waals surface area contributed by atoms with Gasteiger partial charge < -0.3 is 29.2 Å². The van der Waals surface area contributed by atoms with Crippen molar-refractivity contribution in [2.45, 2.75) is 43.1 Å². The van der Waals surface area contributed by atoms with E-state index >= 15 is 0 Å². The number of alkyl halides is 1. The molecule has 2 N–H and O–H groups in total. The molecule has 3 aliphatic heterocycles. The number of benzene rings is 3. The van der Waals surface area contributed by atoms with Gasteiger partial charge in [0.1, 0.15) is 29.6 Å². The molecule has 0 aromatic heterocycles. The average molecular weight is 495 g/mol. The van der Waals surface area contributed by atoms with Crippen molar-refractivity contribution in [1.29, 1.82) is 0 Å². The first kappa shape index (κ1) is 22.7. The van der Waals surface area contributed by atoms with Crippen LogP contribution in [0.4, 0.5) is 0 Å². The summed E-state index contributed by atoms with van der Waals surface area (Å²) < 4.78 is 23.9. The third-order valence-corrected chi connectivity index (χ3v) is 7.63. The third-order valence-electron chi connectivity index (χ3n) is 7.17. The van der Waals surface area contributed by atoms with Crippen molar-refractivity contribution in [3.63, 3.8) is 0 Å². The zero-order chi connectivity index (χ0) is 24.2. The number of hydrogen-bond acceptors (Lipinski definition) is 6. The molecule has 0 saturated carbocycles. The molecule has 3 aromatic rings. The first-order valence-corrected chi connectivity index (χ1v) is 12.3. The Balaban J connectivity index is 1.28. The van der Waals surface area contributed by atoms with Crippen LogP contribution in [-0.2, 0) is 21.7 Å². The van der Waals surface area contributed by atoms with E-state index in [0.717, 1.165) is 22.3 Å². The molecule has 3 aliphatic rings. The van der Waals surface area contributed by atoms with Gasteiger partial charge in [-0.1, -0.05) is 31.2 Å². The lowest BCUT2D eigenvalue weighted by Gasteiger charge is -2.37. The van der Waals surface area contributed by atoms with Crippen molar-refractivity contribution in [3.05, 3.63) is 82.9 Å². The monoisotopic (exact) mass is 494 g/mol. The predicted molar refractivity (Wildman–Crippen MR) is 130 cm³/mol. The zero-order valence-corrected chi connectivity index (χ0v) is 20.1. The summed E-state index contributed by atoms with van der Waals surface area (Å²) in [4.78, 5) is 0. The number of phenols is 1. The van der Waals surface area contributed by atoms with E-state index in [9.17, 15) is 10.2 Å². The summed E-state index contributed by atoms with van der Waals surface area (Å²) in [5.74, 6) is 1.79. The Morgan fingerprint density at radius 2 is 1.80 bits per heavy atom. The Bertz CT molecular complexity index is 1260. The molecule has 6 rings (SSSR count). The van der Waals surface area contributed by atoms with Crippen LogP contribution in [0.15, 0.2) is 60.7 Å². The molecule has 3 aromatic carbocycles. The van der Waals surface area contributed by atoms with Crippen LogP contribution in [0.1, 0.15) is 35.6 Å². The summed E-state index contributed by atoms with van der Waals surface area (Å²) in [6, 6.07) is 18.9. The number of aliphatic hydroxyl groups is 1. The number of epoxide rings is 1. The van der Waals surface area contributed by atoms with Crippen molar-refractivity contribution in [2.24, 2.45) is 5.92 Å². The van der Waals surface area contributed by atoms with Gasteiger partial charge in [0.15, 0.2) is 5.60 Å². The molecule has 5 atom stereocenters. The summed E-state index contributed by atoms with van der Waals surface area (Å²) in [7, 11) is 0. The maximum atomic E-state index is 10.6. The molecule has 35 heavy (non-hydrogen) atoms. The number of fused-ring (bicyclic) bond motifs is 6. The van der Waals surface area contributed by atoms with E-state index in [-0.39, 0.29) is 29.8 Å². The van der Waals surface area contributed by atoms with Crippen LogP contribution in [0, 0.1) is 5.92 Å². The zero-order valence-electron chi connectivity index (χ0n) is 19.3. The molecular weight excluding hydrogens is 468 g/mol. The molecule has 1 saturated heterocycles. The van der Waals surface area contributed by atoms with E-state index in [4.69, 9.17) is 30.5 Å². The van der Waals surface area contributed by atoms with Gasteiger partial charge in [-0.2, -0.15) is 0 Å². The second-order valence-electron chi connectivity index (χ2n) is 9.55. The van der Waals surface area contributed by atoms with Crippen LogP contribution in [-0.4, -0.2) is 41.0 Å². The Morgan fingerprint density at radius 3 is 2.60 bits per heavy atom. The van der Waals surface area contributed by atoms with Gasteiger partial charge in [-0.15, -0.1) is 11.6 Å². The predicted octanol–water partition coefficient (Wildman–Crippen LogP) is 5.09. The molecule has 0 amide bonds. The first-order chi connectivity index (χ1) is 17.0. The molecular formula is C28H27ClO6. The molecule has 5 unspecified atom stereocenters. The number of rotatable bonds is 7. The fourth-order valence-corrected chi connectivity index (χ4v) is 5.52. The minimum atomic E-state index is -0.833. The van der Waals surface area contributed by atoms with Crippen LogP contribution in [0.2, 0.25) is 0 Å². The van der Waals surface area contributed by atoms with Gasteiger partial charge in [0.25, 0.3) is 0 Å². The maximum absolute atomic E-state index is 10.6. The molecule has 6 nitrogen and oxygen atoms in total. The Kier molecular flexibility index (Phi) is 5.65. The van der Waals surface area contributed by atoms with Gasteiger partial charge in [-0.25, -0.2) is 0 Å². The van der Waals surface area contributed by atoms with E-state index in [1.807, 2.05) is 43.3 Å². The van der Waals surface area contributed by atoms with E-state index in [1.165, 1.54) is 0 Å². The maximum Gasteiger partial charge on any atom is 0.151 e. The van der Waals surface area contributed by atoms with E-state index < -0.39 is 11.7 Å². The Hall–Kier alpha value is -2.77. The topological polar surface area (TPSA) is 80.7 Å². The lowest BCUT2D eigenvalue weighted by molar-refractivity contribution is 0.0197. The summed E-state index contributed by atoms with van der Waals surface area (Å²) >= 11 is 6.34. The quantitative estimate of drug-likeness (QED) is 0.351. The van der Waals surface area contributed by atoms with Gasteiger partial charge in [-0.05, 0) is 47.7 Å². The molecule has 3 heterocycles. The van der Waals surface area contributed by atoms with Crippen molar-refractivity contribution >= 4 is 11.6 Å². The van der Waals surface area contributed by atoms with Crippen molar-refractivity contribution in [2.75, 3.05) is 13.2 Å². The average Bonchev–Trinajstić information content (AvgIpc) is 3.65. The molecule has 182 valence electrons. The van der Waals surface area contributed by atoms with E-state index in [1.54, 1.807) is 12.1 Å². The van der Waals surface area contributed by atoms with Crippen LogP contribution in [0.25, 0.3) is 0 Å². The fourth-order valence-electron chi connectivity index (χ4n) is 5.09. The van der Waals surface area contributed by atoms with Crippen LogP contribution in [0.5, 0.6) is 23.0 Å². The highest BCUT2D eigenvalue weighted by Crippen LogP contribution is 2.57. The number of aliphatic hydroxyl groups excluding tert-OH is 1. The van der Waals surface area contributed by atoms with Crippen molar-refractivity contribution in [3.8, 4) is 23.0 Å². The molecule has 7 heteroatoms. The minimum absolute atomic E-state index is 0.0305. The standard InChI is InChI=1S/C28H27ClO6/c1-16(10-23(29)27-15-33-27)24(31)14-32-19-7-9-22-26(12-19)35-25-11-18(30)6-8-21(25)28(22)20-5-3-2-4-17(20)13-34-28/h2-9,11-12,16,23-24,27,30-31H,10,13-15H2,1H3. The lowest BCUT2D eigenvalue weighted by Crippen LogP contribution is -2.32. The number of ether oxygens (including phenoxy) is 4. The van der Waals surface area contributed by atoms with E-state index in [0.29, 0.717) is 36.9 Å². The molecule has 0 radical (unpaired) electrons. The second-order valence-corrected chi connectivity index (χ2v) is 10.1. The largest absolute Gasteiger partial charge is 0.508 e. The highest BCUT2D eigenvalue weighted by molar-refractivity contribution is 6.21. The molecule has 1 fully saturated rings.